The highest BCUT2D eigenvalue weighted by molar-refractivity contribution is 5.86. The summed E-state index contributed by atoms with van der Waals surface area (Å²) in [5.74, 6) is 1.43. The van der Waals surface area contributed by atoms with Gasteiger partial charge in [-0.3, -0.25) is 4.79 Å². The van der Waals surface area contributed by atoms with Crippen molar-refractivity contribution in [3.8, 4) is 0 Å². The fraction of sp³-hybridized carbons (Fsp3) is 0.923. The zero-order valence-electron chi connectivity index (χ0n) is 10.5. The van der Waals surface area contributed by atoms with Crippen LogP contribution >= 0.6 is 0 Å². The summed E-state index contributed by atoms with van der Waals surface area (Å²) >= 11 is 0. The number of hydrogen-bond donors (Lipinski definition) is 1. The van der Waals surface area contributed by atoms with Gasteiger partial charge in [-0.15, -0.1) is 0 Å². The average Bonchev–Trinajstić information content (AvgIpc) is 3.12. The van der Waals surface area contributed by atoms with Gasteiger partial charge in [0.2, 0.25) is 5.91 Å². The molecule has 92 valence electrons. The lowest BCUT2D eigenvalue weighted by molar-refractivity contribution is -0.138. The van der Waals surface area contributed by atoms with Gasteiger partial charge in [0.15, 0.2) is 0 Å². The first-order chi connectivity index (χ1) is 7.55. The standard InChI is InChI=1S/C13H24N2O/c1-3-10-6-8-15(9-7-10)12(16)13(2,14)11-4-5-11/h10-11H,3-9,14H2,1-2H3. The molecule has 1 amide bonds. The van der Waals surface area contributed by atoms with E-state index in [1.54, 1.807) is 0 Å². The van der Waals surface area contributed by atoms with Crippen molar-refractivity contribution >= 4 is 5.91 Å². The van der Waals surface area contributed by atoms with E-state index in [1.165, 1.54) is 6.42 Å². The monoisotopic (exact) mass is 224 g/mol. The van der Waals surface area contributed by atoms with Crippen LogP contribution in [0, 0.1) is 11.8 Å². The lowest BCUT2D eigenvalue weighted by Crippen LogP contribution is -2.56. The Morgan fingerprint density at radius 1 is 1.31 bits per heavy atom. The maximum atomic E-state index is 12.3. The van der Waals surface area contributed by atoms with Crippen molar-refractivity contribution < 1.29 is 4.79 Å². The second-order valence-corrected chi connectivity index (χ2v) is 5.70. The third kappa shape index (κ3) is 2.24. The van der Waals surface area contributed by atoms with Crippen LogP contribution in [0.4, 0.5) is 0 Å². The van der Waals surface area contributed by atoms with E-state index >= 15 is 0 Å². The number of amides is 1. The van der Waals surface area contributed by atoms with E-state index in [-0.39, 0.29) is 5.91 Å². The zero-order valence-corrected chi connectivity index (χ0v) is 10.5. The van der Waals surface area contributed by atoms with Gasteiger partial charge >= 0.3 is 0 Å². The molecule has 1 atom stereocenters. The maximum Gasteiger partial charge on any atom is 0.242 e. The third-order valence-corrected chi connectivity index (χ3v) is 4.37. The van der Waals surface area contributed by atoms with Crippen molar-refractivity contribution in [3.63, 3.8) is 0 Å². The molecule has 0 aromatic carbocycles. The number of nitrogens with zero attached hydrogens (tertiary/aromatic N) is 1. The molecule has 0 aromatic rings. The van der Waals surface area contributed by atoms with E-state index in [0.717, 1.165) is 44.7 Å². The molecule has 0 bridgehead atoms. The number of nitrogens with two attached hydrogens (primary N) is 1. The Bertz CT molecular complexity index is 263. The van der Waals surface area contributed by atoms with Crippen molar-refractivity contribution in [3.05, 3.63) is 0 Å². The number of carbonyl (C=O) groups excluding carboxylic acids is 1. The van der Waals surface area contributed by atoms with E-state index in [2.05, 4.69) is 6.92 Å². The number of likely N-dealkylation sites (tertiary alicyclic amines) is 1. The number of piperidine rings is 1. The smallest absolute Gasteiger partial charge is 0.242 e. The Labute approximate surface area is 98.4 Å². The van der Waals surface area contributed by atoms with Gasteiger partial charge in [0, 0.05) is 13.1 Å². The molecule has 1 aliphatic carbocycles. The van der Waals surface area contributed by atoms with Gasteiger partial charge in [0.1, 0.15) is 0 Å². The lowest BCUT2D eigenvalue weighted by Gasteiger charge is -2.36. The predicted molar refractivity (Wildman–Crippen MR) is 64.9 cm³/mol. The fourth-order valence-electron chi connectivity index (χ4n) is 2.74. The first-order valence-corrected chi connectivity index (χ1v) is 6.64. The van der Waals surface area contributed by atoms with Gasteiger partial charge in [0.05, 0.1) is 5.54 Å². The van der Waals surface area contributed by atoms with Crippen molar-refractivity contribution in [2.24, 2.45) is 17.6 Å². The molecular formula is C13H24N2O. The van der Waals surface area contributed by atoms with E-state index in [9.17, 15) is 4.79 Å². The quantitative estimate of drug-likeness (QED) is 0.794. The third-order valence-electron chi connectivity index (χ3n) is 4.37. The van der Waals surface area contributed by atoms with Crippen LogP contribution in [0.25, 0.3) is 0 Å². The molecular weight excluding hydrogens is 200 g/mol. The van der Waals surface area contributed by atoms with Gasteiger partial charge < -0.3 is 10.6 Å². The first-order valence-electron chi connectivity index (χ1n) is 6.64. The molecule has 3 heteroatoms. The second kappa shape index (κ2) is 4.36. The molecule has 16 heavy (non-hydrogen) atoms. The molecule has 1 saturated carbocycles. The Morgan fingerprint density at radius 2 is 1.88 bits per heavy atom. The SMILES string of the molecule is CCC1CCN(C(=O)C(C)(N)C2CC2)CC1. The number of hydrogen-bond acceptors (Lipinski definition) is 2. The molecule has 1 heterocycles. The molecule has 1 saturated heterocycles. The lowest BCUT2D eigenvalue weighted by atomic mass is 9.90. The van der Waals surface area contributed by atoms with Crippen LogP contribution in [-0.4, -0.2) is 29.4 Å². The first kappa shape index (κ1) is 11.9. The summed E-state index contributed by atoms with van der Waals surface area (Å²) in [5.41, 5.74) is 5.57. The van der Waals surface area contributed by atoms with Crippen molar-refractivity contribution in [2.75, 3.05) is 13.1 Å². The van der Waals surface area contributed by atoms with Gasteiger partial charge in [0.25, 0.3) is 0 Å². The molecule has 2 fully saturated rings. The number of carbonyl (C=O) groups is 1. The average molecular weight is 224 g/mol. The van der Waals surface area contributed by atoms with Crippen LogP contribution in [-0.2, 0) is 4.79 Å². The highest BCUT2D eigenvalue weighted by atomic mass is 16.2. The summed E-state index contributed by atoms with van der Waals surface area (Å²) in [6, 6.07) is 0. The number of rotatable bonds is 3. The summed E-state index contributed by atoms with van der Waals surface area (Å²) < 4.78 is 0. The van der Waals surface area contributed by atoms with Gasteiger partial charge in [-0.25, -0.2) is 0 Å². The highest BCUT2D eigenvalue weighted by Gasteiger charge is 2.46. The Kier molecular flexibility index (Phi) is 3.24. The second-order valence-electron chi connectivity index (χ2n) is 5.70. The molecule has 0 spiro atoms. The zero-order chi connectivity index (χ0) is 11.8. The molecule has 0 radical (unpaired) electrons. The van der Waals surface area contributed by atoms with Gasteiger partial charge in [-0.05, 0) is 44.4 Å². The Hall–Kier alpha value is -0.570. The van der Waals surface area contributed by atoms with Gasteiger partial charge in [-0.2, -0.15) is 0 Å². The highest BCUT2D eigenvalue weighted by Crippen LogP contribution is 2.39. The van der Waals surface area contributed by atoms with Crippen LogP contribution in [0.3, 0.4) is 0 Å². The minimum Gasteiger partial charge on any atom is -0.341 e. The van der Waals surface area contributed by atoms with Crippen LogP contribution < -0.4 is 5.73 Å². The van der Waals surface area contributed by atoms with Crippen molar-refractivity contribution in [2.45, 2.75) is 51.5 Å². The molecule has 3 nitrogen and oxygen atoms in total. The topological polar surface area (TPSA) is 46.3 Å². The fourth-order valence-corrected chi connectivity index (χ4v) is 2.74. The molecule has 2 N–H and O–H groups in total. The largest absolute Gasteiger partial charge is 0.341 e. The van der Waals surface area contributed by atoms with Crippen LogP contribution in [0.5, 0.6) is 0 Å². The van der Waals surface area contributed by atoms with E-state index in [4.69, 9.17) is 5.73 Å². The van der Waals surface area contributed by atoms with Crippen LogP contribution in [0.1, 0.15) is 46.0 Å². The van der Waals surface area contributed by atoms with E-state index < -0.39 is 5.54 Å². The normalized spacial score (nSPS) is 26.6. The van der Waals surface area contributed by atoms with Crippen LogP contribution in [0.15, 0.2) is 0 Å². The Morgan fingerprint density at radius 3 is 2.31 bits per heavy atom. The van der Waals surface area contributed by atoms with Crippen molar-refractivity contribution in [1.29, 1.82) is 0 Å². The summed E-state index contributed by atoms with van der Waals surface area (Å²) in [6.45, 7) is 5.98. The molecule has 0 aromatic heterocycles. The Balaban J connectivity index is 1.91. The summed E-state index contributed by atoms with van der Waals surface area (Å²) in [6.07, 6.45) is 5.81. The minimum absolute atomic E-state index is 0.185. The predicted octanol–water partition coefficient (Wildman–Crippen LogP) is 1.76. The summed E-state index contributed by atoms with van der Waals surface area (Å²) in [5, 5.41) is 0. The van der Waals surface area contributed by atoms with Crippen LogP contribution in [0.2, 0.25) is 0 Å². The molecule has 1 unspecified atom stereocenters. The minimum atomic E-state index is -0.598. The summed E-state index contributed by atoms with van der Waals surface area (Å²) in [7, 11) is 0. The summed E-state index contributed by atoms with van der Waals surface area (Å²) in [4.78, 5) is 14.3. The van der Waals surface area contributed by atoms with Gasteiger partial charge in [-0.1, -0.05) is 13.3 Å². The van der Waals surface area contributed by atoms with E-state index in [1.807, 2.05) is 11.8 Å². The molecule has 2 aliphatic rings. The molecule has 2 rings (SSSR count). The van der Waals surface area contributed by atoms with E-state index in [0.29, 0.717) is 5.92 Å². The molecule has 1 aliphatic heterocycles. The van der Waals surface area contributed by atoms with Crippen molar-refractivity contribution in [1.82, 2.24) is 4.90 Å². The maximum absolute atomic E-state index is 12.3.